The molecular formula is C17H18BrClN2O3S. The third-order valence-electron chi connectivity index (χ3n) is 3.61. The van der Waals surface area contributed by atoms with Gasteiger partial charge in [0.2, 0.25) is 15.9 Å². The van der Waals surface area contributed by atoms with Gasteiger partial charge in [0.1, 0.15) is 0 Å². The molecule has 1 atom stereocenters. The molecule has 1 N–H and O–H groups in total. The number of hydrogen-bond acceptors (Lipinski definition) is 3. The number of sulfonamides is 1. The maximum absolute atomic E-state index is 12.5. The van der Waals surface area contributed by atoms with Crippen LogP contribution in [0.5, 0.6) is 0 Å². The van der Waals surface area contributed by atoms with E-state index < -0.39 is 10.0 Å². The second-order valence-corrected chi connectivity index (χ2v) is 8.96. The Kier molecular flexibility index (Phi) is 6.62. The summed E-state index contributed by atoms with van der Waals surface area (Å²) in [6, 6.07) is 13.1. The molecule has 0 aliphatic heterocycles. The minimum Gasteiger partial charge on any atom is -0.348 e. The van der Waals surface area contributed by atoms with Gasteiger partial charge in [-0.2, -0.15) is 4.31 Å². The lowest BCUT2D eigenvalue weighted by atomic mass is 10.1. The monoisotopic (exact) mass is 444 g/mol. The van der Waals surface area contributed by atoms with Crippen molar-refractivity contribution in [2.45, 2.75) is 17.9 Å². The third kappa shape index (κ3) is 5.28. The molecule has 8 heteroatoms. The summed E-state index contributed by atoms with van der Waals surface area (Å²) in [5, 5.41) is 3.25. The zero-order chi connectivity index (χ0) is 18.6. The zero-order valence-electron chi connectivity index (χ0n) is 13.7. The number of nitrogens with zero attached hydrogens (tertiary/aromatic N) is 1. The molecule has 2 rings (SSSR count). The van der Waals surface area contributed by atoms with Crippen LogP contribution < -0.4 is 5.32 Å². The fraction of sp³-hybridized carbons (Fsp3) is 0.235. The Morgan fingerprint density at radius 2 is 1.88 bits per heavy atom. The molecule has 0 saturated carbocycles. The SMILES string of the molecule is C[C@H](NC(=O)CN(C)S(=O)(=O)c1ccc(Cl)cc1)c1cccc(Br)c1. The van der Waals surface area contributed by atoms with Gasteiger partial charge >= 0.3 is 0 Å². The van der Waals surface area contributed by atoms with Gasteiger partial charge in [0.05, 0.1) is 17.5 Å². The quantitative estimate of drug-likeness (QED) is 0.739. The first-order valence-corrected chi connectivity index (χ1v) is 10.1. The van der Waals surface area contributed by atoms with Gasteiger partial charge in [-0.15, -0.1) is 0 Å². The van der Waals surface area contributed by atoms with Crippen LogP contribution in [-0.2, 0) is 14.8 Å². The summed E-state index contributed by atoms with van der Waals surface area (Å²) in [6.45, 7) is 1.57. The number of carbonyl (C=O) groups is 1. The minimum absolute atomic E-state index is 0.0900. The molecule has 0 fully saturated rings. The first-order valence-electron chi connectivity index (χ1n) is 7.47. The van der Waals surface area contributed by atoms with Crippen LogP contribution in [0.3, 0.4) is 0 Å². The summed E-state index contributed by atoms with van der Waals surface area (Å²) in [4.78, 5) is 12.3. The van der Waals surface area contributed by atoms with Gasteiger partial charge in [0.25, 0.3) is 0 Å². The van der Waals surface area contributed by atoms with E-state index in [9.17, 15) is 13.2 Å². The summed E-state index contributed by atoms with van der Waals surface area (Å²) in [5.74, 6) is -0.382. The van der Waals surface area contributed by atoms with E-state index >= 15 is 0 Å². The summed E-state index contributed by atoms with van der Waals surface area (Å²) in [5.41, 5.74) is 0.922. The summed E-state index contributed by atoms with van der Waals surface area (Å²) < 4.78 is 26.9. The van der Waals surface area contributed by atoms with E-state index in [0.29, 0.717) is 5.02 Å². The molecule has 0 spiro atoms. The predicted molar refractivity (Wildman–Crippen MR) is 102 cm³/mol. The molecule has 0 radical (unpaired) electrons. The van der Waals surface area contributed by atoms with Crippen LogP contribution in [0.25, 0.3) is 0 Å². The molecule has 5 nitrogen and oxygen atoms in total. The van der Waals surface area contributed by atoms with E-state index in [1.807, 2.05) is 31.2 Å². The number of carbonyl (C=O) groups excluding carboxylic acids is 1. The van der Waals surface area contributed by atoms with Gasteiger partial charge in [-0.05, 0) is 48.9 Å². The number of hydrogen-bond donors (Lipinski definition) is 1. The smallest absolute Gasteiger partial charge is 0.243 e. The van der Waals surface area contributed by atoms with Crippen molar-refractivity contribution in [1.29, 1.82) is 0 Å². The Morgan fingerprint density at radius 3 is 2.48 bits per heavy atom. The molecule has 0 heterocycles. The van der Waals surface area contributed by atoms with Crippen molar-refractivity contribution in [2.24, 2.45) is 0 Å². The topological polar surface area (TPSA) is 66.5 Å². The largest absolute Gasteiger partial charge is 0.348 e. The van der Waals surface area contributed by atoms with Crippen molar-refractivity contribution in [3.05, 3.63) is 63.6 Å². The Hall–Kier alpha value is -1.41. The minimum atomic E-state index is -3.75. The second kappa shape index (κ2) is 8.31. The van der Waals surface area contributed by atoms with Crippen LogP contribution in [-0.4, -0.2) is 32.2 Å². The molecule has 25 heavy (non-hydrogen) atoms. The molecule has 0 aliphatic carbocycles. The molecule has 1 amide bonds. The summed E-state index contributed by atoms with van der Waals surface area (Å²) in [7, 11) is -2.38. The molecule has 0 bridgehead atoms. The van der Waals surface area contributed by atoms with Crippen molar-refractivity contribution in [1.82, 2.24) is 9.62 Å². The molecule has 0 aromatic heterocycles. The molecule has 2 aromatic rings. The highest BCUT2D eigenvalue weighted by Gasteiger charge is 2.23. The second-order valence-electron chi connectivity index (χ2n) is 5.56. The highest BCUT2D eigenvalue weighted by atomic mass is 79.9. The molecule has 134 valence electrons. The van der Waals surface area contributed by atoms with Crippen LogP contribution in [0.1, 0.15) is 18.5 Å². The molecule has 0 unspecified atom stereocenters. The van der Waals surface area contributed by atoms with E-state index in [2.05, 4.69) is 21.2 Å². The number of nitrogens with one attached hydrogen (secondary N) is 1. The van der Waals surface area contributed by atoms with Gasteiger partial charge in [0, 0.05) is 16.5 Å². The first kappa shape index (κ1) is 19.9. The van der Waals surface area contributed by atoms with Crippen molar-refractivity contribution in [3.63, 3.8) is 0 Å². The van der Waals surface area contributed by atoms with Crippen molar-refractivity contribution >= 4 is 43.5 Å². The maximum atomic E-state index is 12.5. The molecule has 0 aliphatic rings. The normalized spacial score (nSPS) is 12.8. The highest BCUT2D eigenvalue weighted by Crippen LogP contribution is 2.19. The van der Waals surface area contributed by atoms with Crippen molar-refractivity contribution in [2.75, 3.05) is 13.6 Å². The van der Waals surface area contributed by atoms with Gasteiger partial charge < -0.3 is 5.32 Å². The number of benzene rings is 2. The Balaban J connectivity index is 2.03. The van der Waals surface area contributed by atoms with Crippen LogP contribution >= 0.6 is 27.5 Å². The van der Waals surface area contributed by atoms with Gasteiger partial charge in [-0.3, -0.25) is 4.79 Å². The Bertz CT molecular complexity index is 856. The van der Waals surface area contributed by atoms with E-state index in [0.717, 1.165) is 14.3 Å². The molecule has 0 saturated heterocycles. The maximum Gasteiger partial charge on any atom is 0.243 e. The van der Waals surface area contributed by atoms with Gasteiger partial charge in [0.15, 0.2) is 0 Å². The Morgan fingerprint density at radius 1 is 1.24 bits per heavy atom. The van der Waals surface area contributed by atoms with Crippen molar-refractivity contribution < 1.29 is 13.2 Å². The Labute approximate surface area is 161 Å². The number of amides is 1. The van der Waals surface area contributed by atoms with Gasteiger partial charge in [-0.1, -0.05) is 39.7 Å². The lowest BCUT2D eigenvalue weighted by molar-refractivity contribution is -0.121. The van der Waals surface area contributed by atoms with Gasteiger partial charge in [-0.25, -0.2) is 8.42 Å². The number of rotatable bonds is 6. The average molecular weight is 446 g/mol. The van der Waals surface area contributed by atoms with Crippen LogP contribution in [0.2, 0.25) is 5.02 Å². The standard InChI is InChI=1S/C17H18BrClN2O3S/c1-12(13-4-3-5-14(18)10-13)20-17(22)11-21(2)25(23,24)16-8-6-15(19)7-9-16/h3-10,12H,11H2,1-2H3,(H,20,22)/t12-/m0/s1. The third-order valence-corrected chi connectivity index (χ3v) is 6.18. The van der Waals surface area contributed by atoms with Crippen molar-refractivity contribution in [3.8, 4) is 0 Å². The van der Waals surface area contributed by atoms with E-state index in [-0.39, 0.29) is 23.4 Å². The summed E-state index contributed by atoms with van der Waals surface area (Å²) in [6.07, 6.45) is 0. The fourth-order valence-electron chi connectivity index (χ4n) is 2.22. The molecule has 2 aromatic carbocycles. The van der Waals surface area contributed by atoms with E-state index in [1.165, 1.54) is 31.3 Å². The van der Waals surface area contributed by atoms with E-state index in [4.69, 9.17) is 11.6 Å². The van der Waals surface area contributed by atoms with Crippen LogP contribution in [0, 0.1) is 0 Å². The average Bonchev–Trinajstić information content (AvgIpc) is 2.55. The lowest BCUT2D eigenvalue weighted by Crippen LogP contribution is -2.39. The zero-order valence-corrected chi connectivity index (χ0v) is 16.9. The number of halogens is 2. The fourth-order valence-corrected chi connectivity index (χ4v) is 3.89. The summed E-state index contributed by atoms with van der Waals surface area (Å²) >= 11 is 9.16. The predicted octanol–water partition coefficient (Wildman–Crippen LogP) is 3.60. The van der Waals surface area contributed by atoms with E-state index in [1.54, 1.807) is 0 Å². The number of likely N-dealkylation sites (N-methyl/N-ethyl adjacent to an activating group) is 1. The first-order chi connectivity index (χ1) is 11.7. The molecular weight excluding hydrogens is 428 g/mol. The lowest BCUT2D eigenvalue weighted by Gasteiger charge is -2.19. The van der Waals surface area contributed by atoms with Crippen LogP contribution in [0.4, 0.5) is 0 Å². The van der Waals surface area contributed by atoms with Crippen LogP contribution in [0.15, 0.2) is 57.9 Å². The highest BCUT2D eigenvalue weighted by molar-refractivity contribution is 9.10.